The van der Waals surface area contributed by atoms with E-state index in [0.29, 0.717) is 25.8 Å². The van der Waals surface area contributed by atoms with E-state index in [9.17, 15) is 19.6 Å². The molecule has 1 heterocycles. The maximum absolute atomic E-state index is 13.2. The molecule has 156 valence electrons. The topological polar surface area (TPSA) is 108 Å². The van der Waals surface area contributed by atoms with E-state index in [-0.39, 0.29) is 17.9 Å². The fourth-order valence-electron chi connectivity index (χ4n) is 4.18. The smallest absolute Gasteiger partial charge is 0.407 e. The van der Waals surface area contributed by atoms with Crippen molar-refractivity contribution in [2.75, 3.05) is 13.7 Å². The van der Waals surface area contributed by atoms with Gasteiger partial charge in [-0.1, -0.05) is 42.8 Å². The van der Waals surface area contributed by atoms with E-state index in [1.165, 1.54) is 12.0 Å². The average Bonchev–Trinajstić information content (AvgIpc) is 2.78. The van der Waals surface area contributed by atoms with Crippen LogP contribution >= 0.6 is 0 Å². The van der Waals surface area contributed by atoms with Crippen LogP contribution in [-0.4, -0.2) is 53.8 Å². The number of carbonyl (C=O) groups excluding carboxylic acids is 3. The number of hydrogen-bond acceptors (Lipinski definition) is 5. The number of nitrogens with zero attached hydrogens (tertiary/aromatic N) is 1. The molecular weight excluding hydrogens is 374 g/mol. The zero-order valence-corrected chi connectivity index (χ0v) is 16.5. The van der Waals surface area contributed by atoms with E-state index < -0.39 is 18.0 Å². The van der Waals surface area contributed by atoms with Crippen LogP contribution < -0.4 is 10.8 Å². The fourth-order valence-corrected chi connectivity index (χ4v) is 4.18. The number of nitrogens with one attached hydrogen (secondary N) is 2. The summed E-state index contributed by atoms with van der Waals surface area (Å²) < 4.78 is 4.65. The molecule has 0 aromatic heterocycles. The molecule has 1 saturated carbocycles. The molecule has 1 aliphatic carbocycles. The number of alkyl carbamates (subject to hydrolysis) is 1. The van der Waals surface area contributed by atoms with E-state index >= 15 is 0 Å². The summed E-state index contributed by atoms with van der Waals surface area (Å²) in [4.78, 5) is 38.6. The lowest BCUT2D eigenvalue weighted by molar-refractivity contribution is -0.147. The lowest BCUT2D eigenvalue weighted by atomic mass is 9.83. The molecule has 2 aliphatic rings. The Labute approximate surface area is 169 Å². The largest absolute Gasteiger partial charge is 0.453 e. The van der Waals surface area contributed by atoms with Crippen LogP contribution in [0.15, 0.2) is 36.4 Å². The Morgan fingerprint density at radius 3 is 2.62 bits per heavy atom. The maximum Gasteiger partial charge on any atom is 0.407 e. The van der Waals surface area contributed by atoms with E-state index in [1.54, 1.807) is 5.48 Å². The quantitative estimate of drug-likeness (QED) is 0.529. The van der Waals surface area contributed by atoms with Gasteiger partial charge in [0.05, 0.1) is 7.11 Å². The van der Waals surface area contributed by atoms with E-state index in [0.717, 1.165) is 24.0 Å². The number of hydrogen-bond donors (Lipinski definition) is 3. The van der Waals surface area contributed by atoms with Crippen molar-refractivity contribution in [2.45, 2.75) is 44.2 Å². The Morgan fingerprint density at radius 2 is 1.93 bits per heavy atom. The van der Waals surface area contributed by atoms with E-state index in [2.05, 4.69) is 10.1 Å². The fraction of sp³-hybridized carbons (Fsp3) is 0.476. The Morgan fingerprint density at radius 1 is 1.17 bits per heavy atom. The molecule has 3 unspecified atom stereocenters. The summed E-state index contributed by atoms with van der Waals surface area (Å²) in [5.74, 6) is -1.01. The summed E-state index contributed by atoms with van der Waals surface area (Å²) in [5, 5.41) is 12.0. The second-order valence-corrected chi connectivity index (χ2v) is 7.48. The van der Waals surface area contributed by atoms with Gasteiger partial charge in [0.25, 0.3) is 5.91 Å². The maximum atomic E-state index is 13.2. The van der Waals surface area contributed by atoms with Crippen molar-refractivity contribution in [3.63, 3.8) is 0 Å². The first-order valence-electron chi connectivity index (χ1n) is 9.86. The molecule has 3 rings (SSSR count). The molecule has 0 spiro atoms. The van der Waals surface area contributed by atoms with Gasteiger partial charge in [-0.2, -0.15) is 0 Å². The van der Waals surface area contributed by atoms with Crippen molar-refractivity contribution < 1.29 is 24.3 Å². The van der Waals surface area contributed by atoms with Gasteiger partial charge in [0.2, 0.25) is 5.91 Å². The second kappa shape index (κ2) is 9.56. The van der Waals surface area contributed by atoms with Crippen LogP contribution in [0.3, 0.4) is 0 Å². The van der Waals surface area contributed by atoms with Crippen molar-refractivity contribution in [2.24, 2.45) is 5.92 Å². The number of amides is 3. The van der Waals surface area contributed by atoms with Crippen LogP contribution in [0.4, 0.5) is 4.79 Å². The number of ether oxygens (including phenoxy) is 1. The zero-order valence-electron chi connectivity index (χ0n) is 16.5. The molecule has 8 heteroatoms. The molecule has 3 amide bonds. The molecule has 1 aromatic rings. The zero-order chi connectivity index (χ0) is 20.8. The summed E-state index contributed by atoms with van der Waals surface area (Å²) in [7, 11) is 1.31. The van der Waals surface area contributed by atoms with Crippen molar-refractivity contribution in [1.29, 1.82) is 0 Å². The van der Waals surface area contributed by atoms with Gasteiger partial charge in [-0.3, -0.25) is 14.8 Å². The van der Waals surface area contributed by atoms with Gasteiger partial charge in [-0.25, -0.2) is 10.3 Å². The van der Waals surface area contributed by atoms with Crippen LogP contribution in [0.25, 0.3) is 5.57 Å². The minimum absolute atomic E-state index is 0.127. The number of hydroxylamine groups is 1. The van der Waals surface area contributed by atoms with Crippen molar-refractivity contribution >= 4 is 23.5 Å². The first-order valence-corrected chi connectivity index (χ1v) is 9.86. The summed E-state index contributed by atoms with van der Waals surface area (Å²) in [6, 6.07) is 8.78. The first kappa shape index (κ1) is 20.9. The van der Waals surface area contributed by atoms with Gasteiger partial charge in [-0.05, 0) is 30.4 Å². The summed E-state index contributed by atoms with van der Waals surface area (Å²) in [5.41, 5.74) is 3.67. The van der Waals surface area contributed by atoms with Gasteiger partial charge in [-0.15, -0.1) is 0 Å². The molecule has 1 aliphatic heterocycles. The first-order chi connectivity index (χ1) is 14.0. The molecule has 3 atom stereocenters. The molecule has 0 bridgehead atoms. The third kappa shape index (κ3) is 4.95. The Bertz CT molecular complexity index is 780. The average molecular weight is 401 g/mol. The molecule has 0 saturated heterocycles. The van der Waals surface area contributed by atoms with Gasteiger partial charge < -0.3 is 15.0 Å². The Kier molecular flexibility index (Phi) is 6.87. The highest BCUT2D eigenvalue weighted by molar-refractivity contribution is 5.91. The number of rotatable bonds is 4. The minimum Gasteiger partial charge on any atom is -0.453 e. The SMILES string of the molecule is COC(=O)NC1CCCC(C(=O)N2CC=C(c3ccccc3)CC2C(=O)NO)C1. The van der Waals surface area contributed by atoms with Crippen LogP contribution in [0.2, 0.25) is 0 Å². The number of methoxy groups -OCH3 is 1. The van der Waals surface area contributed by atoms with E-state index in [4.69, 9.17) is 0 Å². The van der Waals surface area contributed by atoms with Gasteiger partial charge in [0, 0.05) is 24.9 Å². The van der Waals surface area contributed by atoms with Gasteiger partial charge in [0.1, 0.15) is 6.04 Å². The van der Waals surface area contributed by atoms with Crippen molar-refractivity contribution in [3.05, 3.63) is 42.0 Å². The summed E-state index contributed by atoms with van der Waals surface area (Å²) in [6.07, 6.45) is 4.59. The van der Waals surface area contributed by atoms with Crippen LogP contribution in [0.5, 0.6) is 0 Å². The highest BCUT2D eigenvalue weighted by atomic mass is 16.5. The monoisotopic (exact) mass is 401 g/mol. The predicted octanol–water partition coefficient (Wildman–Crippen LogP) is 2.09. The third-order valence-corrected chi connectivity index (χ3v) is 5.70. The Hall–Kier alpha value is -2.87. The van der Waals surface area contributed by atoms with Crippen LogP contribution in [0, 0.1) is 5.92 Å². The molecule has 8 nitrogen and oxygen atoms in total. The summed E-state index contributed by atoms with van der Waals surface area (Å²) in [6.45, 7) is 0.298. The third-order valence-electron chi connectivity index (χ3n) is 5.70. The molecule has 29 heavy (non-hydrogen) atoms. The standard InChI is InChI=1S/C21H27N3O5/c1-29-21(27)22-17-9-5-8-16(12-17)20(26)24-11-10-15(13-18(24)19(25)23-28)14-6-3-2-4-7-14/h2-4,6-7,10,16-18,28H,5,8-9,11-13H2,1H3,(H,22,27)(H,23,25). The highest BCUT2D eigenvalue weighted by Crippen LogP contribution is 2.31. The minimum atomic E-state index is -0.776. The lowest BCUT2D eigenvalue weighted by Crippen LogP contribution is -2.53. The molecule has 0 radical (unpaired) electrons. The van der Waals surface area contributed by atoms with Gasteiger partial charge in [0.15, 0.2) is 0 Å². The molecule has 1 fully saturated rings. The molecule has 3 N–H and O–H groups in total. The molecular formula is C21H27N3O5. The Balaban J connectivity index is 1.75. The van der Waals surface area contributed by atoms with Crippen LogP contribution in [0.1, 0.15) is 37.7 Å². The van der Waals surface area contributed by atoms with Crippen molar-refractivity contribution in [3.8, 4) is 0 Å². The normalized spacial score (nSPS) is 24.3. The number of carbonyl (C=O) groups is 3. The van der Waals surface area contributed by atoms with E-state index in [1.807, 2.05) is 36.4 Å². The number of benzene rings is 1. The summed E-state index contributed by atoms with van der Waals surface area (Å²) >= 11 is 0. The molecule has 1 aromatic carbocycles. The highest BCUT2D eigenvalue weighted by Gasteiger charge is 2.38. The predicted molar refractivity (Wildman–Crippen MR) is 106 cm³/mol. The van der Waals surface area contributed by atoms with Crippen LogP contribution in [-0.2, 0) is 14.3 Å². The van der Waals surface area contributed by atoms with Crippen molar-refractivity contribution in [1.82, 2.24) is 15.7 Å². The lowest BCUT2D eigenvalue weighted by Gasteiger charge is -2.38. The second-order valence-electron chi connectivity index (χ2n) is 7.48. The van der Waals surface area contributed by atoms with Gasteiger partial charge >= 0.3 is 6.09 Å².